The highest BCUT2D eigenvalue weighted by atomic mass is 32.2. The number of nitrogens with one attached hydrogen (secondary N) is 2. The van der Waals surface area contributed by atoms with Crippen molar-refractivity contribution in [1.29, 1.82) is 0 Å². The summed E-state index contributed by atoms with van der Waals surface area (Å²) in [5.41, 5.74) is 3.70. The van der Waals surface area contributed by atoms with E-state index in [0.29, 0.717) is 34.6 Å². The molecule has 214 valence electrons. The molecule has 2 aliphatic heterocycles. The van der Waals surface area contributed by atoms with Crippen LogP contribution in [0.3, 0.4) is 0 Å². The largest absolute Gasteiger partial charge is 0.351 e. The van der Waals surface area contributed by atoms with Crippen molar-refractivity contribution in [2.24, 2.45) is 0 Å². The summed E-state index contributed by atoms with van der Waals surface area (Å²) in [4.78, 5) is 52.0. The molecule has 41 heavy (non-hydrogen) atoms. The van der Waals surface area contributed by atoms with Crippen molar-refractivity contribution >= 4 is 69.9 Å². The normalized spacial score (nSPS) is 15.0. The number of thioether (sulfide) groups is 2. The molecule has 3 aromatic rings. The van der Waals surface area contributed by atoms with Gasteiger partial charge >= 0.3 is 0 Å². The Hall–Kier alpha value is -3.42. The van der Waals surface area contributed by atoms with Gasteiger partial charge in [-0.15, -0.1) is 10.2 Å². The standard InChI is InChI=1S/C28H30N6O4S3/c35-23(29-15-19-5-9-21(10-6-19)33-13-1-3-25(33)37)17-39-27-31-32-28(41-27)40-18-24(36)30-16-20-7-11-22(12-8-20)34-14-2-4-26(34)38/h5-12H,1-4,13-18H2,(H,29,35)(H,30,36). The second-order valence-electron chi connectivity index (χ2n) is 9.60. The van der Waals surface area contributed by atoms with Crippen molar-refractivity contribution in [3.05, 3.63) is 59.7 Å². The fraction of sp³-hybridized carbons (Fsp3) is 0.357. The molecular weight excluding hydrogens is 581 g/mol. The number of hydrogen-bond donors (Lipinski definition) is 2. The highest BCUT2D eigenvalue weighted by molar-refractivity contribution is 8.03. The van der Waals surface area contributed by atoms with Gasteiger partial charge in [0.1, 0.15) is 0 Å². The zero-order valence-electron chi connectivity index (χ0n) is 22.3. The van der Waals surface area contributed by atoms with Crippen molar-refractivity contribution in [2.75, 3.05) is 34.4 Å². The lowest BCUT2D eigenvalue weighted by Gasteiger charge is -2.16. The minimum Gasteiger partial charge on any atom is -0.351 e. The van der Waals surface area contributed by atoms with Crippen LogP contribution in [0.4, 0.5) is 11.4 Å². The van der Waals surface area contributed by atoms with Gasteiger partial charge in [0.15, 0.2) is 8.68 Å². The van der Waals surface area contributed by atoms with E-state index in [-0.39, 0.29) is 35.1 Å². The van der Waals surface area contributed by atoms with E-state index in [1.165, 1.54) is 34.9 Å². The Morgan fingerprint density at radius 3 is 1.49 bits per heavy atom. The molecule has 2 fully saturated rings. The fourth-order valence-corrected chi connectivity index (χ4v) is 7.18. The maximum atomic E-state index is 12.3. The minimum absolute atomic E-state index is 0.113. The maximum Gasteiger partial charge on any atom is 0.230 e. The highest BCUT2D eigenvalue weighted by Crippen LogP contribution is 2.29. The second-order valence-corrected chi connectivity index (χ2v) is 13.0. The summed E-state index contributed by atoms with van der Waals surface area (Å²) in [6, 6.07) is 15.3. The molecule has 0 unspecified atom stereocenters. The molecule has 2 aromatic carbocycles. The Balaban J connectivity index is 0.974. The van der Waals surface area contributed by atoms with Crippen LogP contribution in [0.1, 0.15) is 36.8 Å². The molecule has 2 aliphatic rings. The van der Waals surface area contributed by atoms with Crippen LogP contribution >= 0.6 is 34.9 Å². The Kier molecular flexibility index (Phi) is 9.91. The van der Waals surface area contributed by atoms with Crippen LogP contribution in [-0.4, -0.2) is 58.4 Å². The Labute approximate surface area is 250 Å². The van der Waals surface area contributed by atoms with Crippen molar-refractivity contribution < 1.29 is 19.2 Å². The van der Waals surface area contributed by atoms with E-state index in [4.69, 9.17) is 0 Å². The Morgan fingerprint density at radius 1 is 0.707 bits per heavy atom. The summed E-state index contributed by atoms with van der Waals surface area (Å²) in [5.74, 6) is 0.505. The number of hydrogen-bond acceptors (Lipinski definition) is 9. The van der Waals surface area contributed by atoms with Gasteiger partial charge in [-0.2, -0.15) is 0 Å². The van der Waals surface area contributed by atoms with Crippen molar-refractivity contribution in [3.63, 3.8) is 0 Å². The van der Waals surface area contributed by atoms with Gasteiger partial charge in [-0.1, -0.05) is 59.1 Å². The average molecular weight is 611 g/mol. The van der Waals surface area contributed by atoms with E-state index < -0.39 is 0 Å². The van der Waals surface area contributed by atoms with Gasteiger partial charge in [0, 0.05) is 50.4 Å². The molecule has 2 N–H and O–H groups in total. The van der Waals surface area contributed by atoms with E-state index in [2.05, 4.69) is 20.8 Å². The highest BCUT2D eigenvalue weighted by Gasteiger charge is 2.22. The first-order chi connectivity index (χ1) is 19.9. The summed E-state index contributed by atoms with van der Waals surface area (Å²) < 4.78 is 1.33. The van der Waals surface area contributed by atoms with Crippen LogP contribution < -0.4 is 20.4 Å². The molecule has 10 nitrogen and oxygen atoms in total. The number of nitrogens with zero attached hydrogens (tertiary/aromatic N) is 4. The van der Waals surface area contributed by atoms with Crippen molar-refractivity contribution in [1.82, 2.24) is 20.8 Å². The molecule has 2 saturated heterocycles. The SMILES string of the molecule is O=C(CSc1nnc(SCC(=O)NCc2ccc(N3CCCC3=O)cc2)s1)NCc1ccc(N2CCCC2=O)cc1. The van der Waals surface area contributed by atoms with Crippen LogP contribution in [0.2, 0.25) is 0 Å². The van der Waals surface area contributed by atoms with E-state index in [9.17, 15) is 19.2 Å². The van der Waals surface area contributed by atoms with Crippen LogP contribution in [0.25, 0.3) is 0 Å². The molecule has 3 heterocycles. The monoisotopic (exact) mass is 610 g/mol. The Morgan fingerprint density at radius 2 is 1.12 bits per heavy atom. The predicted octanol–water partition coefficient (Wildman–Crippen LogP) is 3.61. The van der Waals surface area contributed by atoms with E-state index in [1.807, 2.05) is 48.5 Å². The molecule has 4 amide bonds. The van der Waals surface area contributed by atoms with Crippen LogP contribution in [0.15, 0.2) is 57.2 Å². The summed E-state index contributed by atoms with van der Waals surface area (Å²) >= 11 is 3.97. The lowest BCUT2D eigenvalue weighted by atomic mass is 10.2. The molecule has 13 heteroatoms. The zero-order chi connectivity index (χ0) is 28.6. The molecule has 5 rings (SSSR count). The van der Waals surface area contributed by atoms with Crippen molar-refractivity contribution in [3.8, 4) is 0 Å². The van der Waals surface area contributed by atoms with Gasteiger partial charge in [0.05, 0.1) is 11.5 Å². The molecule has 0 aliphatic carbocycles. The third-order valence-corrected chi connectivity index (χ3v) is 9.85. The van der Waals surface area contributed by atoms with Gasteiger partial charge in [-0.05, 0) is 48.2 Å². The molecule has 0 radical (unpaired) electrons. The topological polar surface area (TPSA) is 125 Å². The number of amides is 4. The number of rotatable bonds is 12. The van der Waals surface area contributed by atoms with E-state index in [0.717, 1.165) is 48.4 Å². The molecule has 0 bridgehead atoms. The van der Waals surface area contributed by atoms with Crippen LogP contribution in [0.5, 0.6) is 0 Å². The number of carbonyl (C=O) groups is 4. The zero-order valence-corrected chi connectivity index (χ0v) is 24.8. The summed E-state index contributed by atoms with van der Waals surface area (Å²) in [6.45, 7) is 2.32. The summed E-state index contributed by atoms with van der Waals surface area (Å²) in [7, 11) is 0. The molecule has 1 aromatic heterocycles. The third kappa shape index (κ3) is 8.08. The average Bonchev–Trinajstić information content (AvgIpc) is 3.74. The first-order valence-electron chi connectivity index (χ1n) is 13.4. The summed E-state index contributed by atoms with van der Waals surface area (Å²) in [6.07, 6.45) is 2.97. The van der Waals surface area contributed by atoms with Gasteiger partial charge in [-0.25, -0.2) is 0 Å². The quantitative estimate of drug-likeness (QED) is 0.298. The number of aromatic nitrogens is 2. The summed E-state index contributed by atoms with van der Waals surface area (Å²) in [5, 5.41) is 14.0. The predicted molar refractivity (Wildman–Crippen MR) is 161 cm³/mol. The first kappa shape index (κ1) is 29.1. The molecular formula is C28H30N6O4S3. The van der Waals surface area contributed by atoms with Crippen LogP contribution in [-0.2, 0) is 32.3 Å². The second kappa shape index (κ2) is 14.0. The van der Waals surface area contributed by atoms with Gasteiger partial charge < -0.3 is 20.4 Å². The van der Waals surface area contributed by atoms with Gasteiger partial charge in [0.25, 0.3) is 0 Å². The van der Waals surface area contributed by atoms with Crippen LogP contribution in [0, 0.1) is 0 Å². The minimum atomic E-state index is -0.113. The Bertz CT molecular complexity index is 1290. The third-order valence-electron chi connectivity index (χ3n) is 6.66. The molecule has 0 spiro atoms. The van der Waals surface area contributed by atoms with Gasteiger partial charge in [-0.3, -0.25) is 19.2 Å². The van der Waals surface area contributed by atoms with Crippen molar-refractivity contribution in [2.45, 2.75) is 47.5 Å². The lowest BCUT2D eigenvalue weighted by molar-refractivity contribution is -0.119. The lowest BCUT2D eigenvalue weighted by Crippen LogP contribution is -2.25. The number of benzene rings is 2. The first-order valence-corrected chi connectivity index (χ1v) is 16.1. The number of anilines is 2. The maximum absolute atomic E-state index is 12.3. The number of carbonyl (C=O) groups excluding carboxylic acids is 4. The molecule has 0 saturated carbocycles. The van der Waals surface area contributed by atoms with E-state index in [1.54, 1.807) is 9.80 Å². The fourth-order valence-electron chi connectivity index (χ4n) is 4.50. The smallest absolute Gasteiger partial charge is 0.230 e. The van der Waals surface area contributed by atoms with E-state index >= 15 is 0 Å². The molecule has 0 atom stereocenters. The van der Waals surface area contributed by atoms with Gasteiger partial charge in [0.2, 0.25) is 23.6 Å².